The summed E-state index contributed by atoms with van der Waals surface area (Å²) in [6.07, 6.45) is 2.12. The molecule has 0 bridgehead atoms. The molecular weight excluding hydrogens is 328 g/mol. The number of rotatable bonds is 7. The molecule has 1 aromatic carbocycles. The van der Waals surface area contributed by atoms with Gasteiger partial charge in [-0.15, -0.1) is 0 Å². The lowest BCUT2D eigenvalue weighted by molar-refractivity contribution is -0.308. The van der Waals surface area contributed by atoms with Crippen LogP contribution in [0, 0.1) is 5.41 Å². The Labute approximate surface area is 146 Å². The summed E-state index contributed by atoms with van der Waals surface area (Å²) < 4.78 is 0. The highest BCUT2D eigenvalue weighted by Crippen LogP contribution is 2.20. The van der Waals surface area contributed by atoms with Gasteiger partial charge in [-0.3, -0.25) is 9.59 Å². The Morgan fingerprint density at radius 1 is 1.21 bits per heavy atom. The standard InChI is InChI=1S/C17H24N2O4S/c1-17(2,3)16(23)19-12-8-6-5-7-11(12)14(20)18-13(15(21)22)9-10-24-4/h5-8,13H,9-10H2,1-4H3,(H,18,20)(H,19,23)(H,21,22)/p-1/t13-/m0/s1. The van der Waals surface area contributed by atoms with Gasteiger partial charge in [-0.25, -0.2) is 0 Å². The minimum atomic E-state index is -1.33. The number of hydrogen-bond acceptors (Lipinski definition) is 5. The monoisotopic (exact) mass is 351 g/mol. The second-order valence-corrected chi connectivity index (χ2v) is 7.36. The second kappa shape index (κ2) is 8.73. The SMILES string of the molecule is CSCC[C@H](NC(=O)c1ccccc1NC(=O)C(C)(C)C)C(=O)[O-]. The van der Waals surface area contributed by atoms with Gasteiger partial charge in [-0.2, -0.15) is 11.8 Å². The zero-order chi connectivity index (χ0) is 18.3. The Hall–Kier alpha value is -2.02. The Kier molecular flexibility index (Phi) is 7.28. The van der Waals surface area contributed by atoms with Crippen LogP contribution in [0.15, 0.2) is 24.3 Å². The maximum Gasteiger partial charge on any atom is 0.253 e. The van der Waals surface area contributed by atoms with Crippen LogP contribution in [0.1, 0.15) is 37.6 Å². The molecule has 1 rings (SSSR count). The summed E-state index contributed by atoms with van der Waals surface area (Å²) in [5, 5.41) is 16.3. The number of para-hydroxylation sites is 1. The van der Waals surface area contributed by atoms with Gasteiger partial charge < -0.3 is 20.5 Å². The Balaban J connectivity index is 2.94. The van der Waals surface area contributed by atoms with Gasteiger partial charge in [0.2, 0.25) is 5.91 Å². The van der Waals surface area contributed by atoms with Crippen LogP contribution in [0.3, 0.4) is 0 Å². The molecule has 7 heteroatoms. The molecule has 2 N–H and O–H groups in total. The summed E-state index contributed by atoms with van der Waals surface area (Å²) in [5.74, 6) is -1.54. The molecule has 6 nitrogen and oxygen atoms in total. The smallest absolute Gasteiger partial charge is 0.253 e. The van der Waals surface area contributed by atoms with Gasteiger partial charge in [0.25, 0.3) is 5.91 Å². The molecule has 0 saturated heterocycles. The fraction of sp³-hybridized carbons (Fsp3) is 0.471. The highest BCUT2D eigenvalue weighted by molar-refractivity contribution is 7.98. The van der Waals surface area contributed by atoms with E-state index in [1.54, 1.807) is 39.0 Å². The van der Waals surface area contributed by atoms with E-state index in [-0.39, 0.29) is 17.9 Å². The number of carbonyl (C=O) groups excluding carboxylic acids is 3. The van der Waals surface area contributed by atoms with E-state index in [1.165, 1.54) is 17.8 Å². The summed E-state index contributed by atoms with van der Waals surface area (Å²) >= 11 is 1.49. The molecule has 0 saturated carbocycles. The van der Waals surface area contributed by atoms with Crippen LogP contribution in [0.5, 0.6) is 0 Å². The molecule has 0 heterocycles. The van der Waals surface area contributed by atoms with E-state index < -0.39 is 23.3 Å². The van der Waals surface area contributed by atoms with Crippen molar-refractivity contribution in [1.82, 2.24) is 5.32 Å². The lowest BCUT2D eigenvalue weighted by Crippen LogP contribution is -2.48. The Bertz CT molecular complexity index is 611. The topological polar surface area (TPSA) is 98.3 Å². The molecule has 24 heavy (non-hydrogen) atoms. The van der Waals surface area contributed by atoms with E-state index in [0.29, 0.717) is 11.4 Å². The number of aliphatic carboxylic acids is 1. The van der Waals surface area contributed by atoms with Crippen LogP contribution >= 0.6 is 11.8 Å². The fourth-order valence-corrected chi connectivity index (χ4v) is 2.29. The first kappa shape index (κ1) is 20.0. The molecular formula is C17H23N2O4S-. The molecule has 0 unspecified atom stereocenters. The first-order valence-electron chi connectivity index (χ1n) is 7.58. The highest BCUT2D eigenvalue weighted by Gasteiger charge is 2.23. The summed E-state index contributed by atoms with van der Waals surface area (Å²) in [6.45, 7) is 5.29. The van der Waals surface area contributed by atoms with Crippen molar-refractivity contribution in [3.63, 3.8) is 0 Å². The van der Waals surface area contributed by atoms with Crippen LogP contribution in [-0.4, -0.2) is 35.8 Å². The van der Waals surface area contributed by atoms with Gasteiger partial charge >= 0.3 is 0 Å². The van der Waals surface area contributed by atoms with Gasteiger partial charge in [0.05, 0.1) is 23.3 Å². The molecule has 0 fully saturated rings. The minimum Gasteiger partial charge on any atom is -0.548 e. The summed E-state index contributed by atoms with van der Waals surface area (Å²) in [6, 6.07) is 5.41. The van der Waals surface area contributed by atoms with Gasteiger partial charge in [-0.05, 0) is 30.6 Å². The number of amides is 2. The summed E-state index contributed by atoms with van der Waals surface area (Å²) in [4.78, 5) is 35.7. The van der Waals surface area contributed by atoms with Crippen molar-refractivity contribution in [2.24, 2.45) is 5.41 Å². The molecule has 0 radical (unpaired) electrons. The largest absolute Gasteiger partial charge is 0.548 e. The first-order valence-corrected chi connectivity index (χ1v) is 8.97. The molecule has 2 amide bonds. The van der Waals surface area contributed by atoms with Gasteiger partial charge in [0.1, 0.15) is 0 Å². The molecule has 0 aromatic heterocycles. The summed E-state index contributed by atoms with van der Waals surface area (Å²) in [5.41, 5.74) is -0.0578. The predicted molar refractivity (Wildman–Crippen MR) is 93.8 cm³/mol. The molecule has 0 aliphatic heterocycles. The van der Waals surface area contributed by atoms with E-state index in [1.807, 2.05) is 6.26 Å². The number of carboxylic acid groups (broad SMARTS) is 1. The maximum absolute atomic E-state index is 12.4. The average Bonchev–Trinajstić information content (AvgIpc) is 2.50. The first-order chi connectivity index (χ1) is 11.2. The van der Waals surface area contributed by atoms with Crippen molar-refractivity contribution in [3.8, 4) is 0 Å². The van der Waals surface area contributed by atoms with E-state index in [4.69, 9.17) is 0 Å². The number of nitrogens with one attached hydrogen (secondary N) is 2. The van der Waals surface area contributed by atoms with Gasteiger partial charge in [-0.1, -0.05) is 32.9 Å². The zero-order valence-corrected chi connectivity index (χ0v) is 15.2. The van der Waals surface area contributed by atoms with E-state index >= 15 is 0 Å². The number of benzene rings is 1. The minimum absolute atomic E-state index is 0.213. The van der Waals surface area contributed by atoms with Crippen molar-refractivity contribution < 1.29 is 19.5 Å². The second-order valence-electron chi connectivity index (χ2n) is 6.38. The number of carbonyl (C=O) groups is 3. The lowest BCUT2D eigenvalue weighted by Gasteiger charge is -2.22. The number of hydrogen-bond donors (Lipinski definition) is 2. The van der Waals surface area contributed by atoms with Gasteiger partial charge in [0, 0.05) is 5.41 Å². The van der Waals surface area contributed by atoms with Crippen molar-refractivity contribution in [2.75, 3.05) is 17.3 Å². The van der Waals surface area contributed by atoms with Crippen LogP contribution in [0.4, 0.5) is 5.69 Å². The highest BCUT2D eigenvalue weighted by atomic mass is 32.2. The summed E-state index contributed by atoms with van der Waals surface area (Å²) in [7, 11) is 0. The fourth-order valence-electron chi connectivity index (χ4n) is 1.82. The molecule has 132 valence electrons. The maximum atomic E-state index is 12.4. The number of thioether (sulfide) groups is 1. The molecule has 0 spiro atoms. The van der Waals surface area contributed by atoms with E-state index in [2.05, 4.69) is 10.6 Å². The number of carboxylic acids is 1. The molecule has 1 atom stereocenters. The average molecular weight is 351 g/mol. The third kappa shape index (κ3) is 5.88. The van der Waals surface area contributed by atoms with Crippen molar-refractivity contribution in [3.05, 3.63) is 29.8 Å². The molecule has 1 aromatic rings. The third-order valence-corrected chi connectivity index (χ3v) is 3.95. The normalized spacial score (nSPS) is 12.3. The van der Waals surface area contributed by atoms with Crippen LogP contribution in [0.2, 0.25) is 0 Å². The van der Waals surface area contributed by atoms with Crippen molar-refractivity contribution in [2.45, 2.75) is 33.2 Å². The van der Waals surface area contributed by atoms with Gasteiger partial charge in [0.15, 0.2) is 0 Å². The van der Waals surface area contributed by atoms with Crippen molar-refractivity contribution >= 4 is 35.2 Å². The van der Waals surface area contributed by atoms with Crippen molar-refractivity contribution in [1.29, 1.82) is 0 Å². The number of anilines is 1. The van der Waals surface area contributed by atoms with E-state index in [0.717, 1.165) is 0 Å². The zero-order valence-electron chi connectivity index (χ0n) is 14.3. The van der Waals surface area contributed by atoms with Crippen LogP contribution in [0.25, 0.3) is 0 Å². The molecule has 0 aliphatic carbocycles. The lowest BCUT2D eigenvalue weighted by atomic mass is 9.95. The molecule has 0 aliphatic rings. The quantitative estimate of drug-likeness (QED) is 0.771. The Morgan fingerprint density at radius 2 is 1.83 bits per heavy atom. The predicted octanol–water partition coefficient (Wildman–Crippen LogP) is 1.27. The van der Waals surface area contributed by atoms with E-state index in [9.17, 15) is 19.5 Å². The Morgan fingerprint density at radius 3 is 2.38 bits per heavy atom. The van der Waals surface area contributed by atoms with Crippen LogP contribution in [-0.2, 0) is 9.59 Å². The third-order valence-electron chi connectivity index (χ3n) is 3.30. The van der Waals surface area contributed by atoms with Crippen LogP contribution < -0.4 is 15.7 Å².